The first-order valence-electron chi connectivity index (χ1n) is 11.1. The highest BCUT2D eigenvalue weighted by molar-refractivity contribution is 14.1. The first kappa shape index (κ1) is 27.4. The second-order valence-corrected chi connectivity index (χ2v) is 16.0. The number of hydroxylamine groups is 1. The number of hydrogen-bond donors (Lipinski definition) is 2. The number of amides is 1. The maximum Gasteiger partial charge on any atom is 0.282 e. The van der Waals surface area contributed by atoms with Crippen LogP contribution in [0.2, 0.25) is 18.1 Å². The van der Waals surface area contributed by atoms with E-state index in [1.54, 1.807) is 13.0 Å². The van der Waals surface area contributed by atoms with Crippen LogP contribution >= 0.6 is 22.6 Å². The van der Waals surface area contributed by atoms with Gasteiger partial charge in [0.1, 0.15) is 23.3 Å². The van der Waals surface area contributed by atoms with E-state index >= 15 is 0 Å². The Hall–Kier alpha value is -2.22. The van der Waals surface area contributed by atoms with Gasteiger partial charge in [-0.2, -0.15) is 0 Å². The number of nitrogens with one attached hydrogen (secondary N) is 2. The van der Waals surface area contributed by atoms with Crippen LogP contribution in [0.15, 0.2) is 39.7 Å². The number of fused-ring (bicyclic) bond motifs is 1. The molecule has 0 saturated heterocycles. The van der Waals surface area contributed by atoms with Crippen molar-refractivity contribution in [2.45, 2.75) is 51.9 Å². The molecule has 0 bridgehead atoms. The molecule has 0 fully saturated rings. The van der Waals surface area contributed by atoms with Crippen molar-refractivity contribution in [3.63, 3.8) is 0 Å². The maximum atomic E-state index is 14.6. The SMILES string of the molecule is C[C@@H](CO[Si](C)(C)C(C)(C)C)ONC(=O)c1c(Nc2ccc(I)cc2F)n(C)c(=O)c2ccoc12. The van der Waals surface area contributed by atoms with Gasteiger partial charge in [-0.3, -0.25) is 19.0 Å². The number of anilines is 2. The number of aromatic nitrogens is 1. The Balaban J connectivity index is 1.87. The quantitative estimate of drug-likeness (QED) is 0.192. The third-order valence-electron chi connectivity index (χ3n) is 6.25. The third-order valence-corrected chi connectivity index (χ3v) is 11.4. The van der Waals surface area contributed by atoms with Gasteiger partial charge in [0.2, 0.25) is 0 Å². The van der Waals surface area contributed by atoms with Gasteiger partial charge in [-0.1, -0.05) is 20.8 Å². The number of carbonyl (C=O) groups is 1. The maximum absolute atomic E-state index is 14.6. The van der Waals surface area contributed by atoms with Gasteiger partial charge in [0.25, 0.3) is 11.5 Å². The van der Waals surface area contributed by atoms with Gasteiger partial charge in [-0.25, -0.2) is 9.87 Å². The minimum absolute atomic E-state index is 0.0163. The second-order valence-electron chi connectivity index (χ2n) is 9.93. The Kier molecular flexibility index (Phi) is 8.14. The summed E-state index contributed by atoms with van der Waals surface area (Å²) < 4.78 is 28.2. The van der Waals surface area contributed by atoms with E-state index in [9.17, 15) is 14.0 Å². The highest BCUT2D eigenvalue weighted by Crippen LogP contribution is 2.36. The van der Waals surface area contributed by atoms with Gasteiger partial charge in [-0.15, -0.1) is 0 Å². The van der Waals surface area contributed by atoms with E-state index in [1.807, 2.05) is 22.6 Å². The fourth-order valence-electron chi connectivity index (χ4n) is 3.09. The molecule has 0 saturated carbocycles. The van der Waals surface area contributed by atoms with Gasteiger partial charge in [-0.05, 0) is 71.9 Å². The molecule has 0 radical (unpaired) electrons. The molecular weight excluding hydrogens is 584 g/mol. The second kappa shape index (κ2) is 10.4. The van der Waals surface area contributed by atoms with Gasteiger partial charge < -0.3 is 14.2 Å². The molecule has 0 aliphatic carbocycles. The number of halogens is 2. The van der Waals surface area contributed by atoms with Gasteiger partial charge in [0, 0.05) is 10.6 Å². The number of nitrogens with zero attached hydrogens (tertiary/aromatic N) is 1. The van der Waals surface area contributed by atoms with Crippen LogP contribution in [-0.2, 0) is 16.3 Å². The summed E-state index contributed by atoms with van der Waals surface area (Å²) in [6, 6.07) is 6.08. The summed E-state index contributed by atoms with van der Waals surface area (Å²) in [7, 11) is -0.487. The van der Waals surface area contributed by atoms with E-state index < -0.39 is 31.7 Å². The Labute approximate surface area is 218 Å². The summed E-state index contributed by atoms with van der Waals surface area (Å²) in [6.07, 6.45) is 0.895. The van der Waals surface area contributed by atoms with Crippen molar-refractivity contribution in [1.29, 1.82) is 0 Å². The van der Waals surface area contributed by atoms with E-state index in [0.717, 1.165) is 0 Å². The summed E-state index contributed by atoms with van der Waals surface area (Å²) >= 11 is 2.00. The first-order valence-corrected chi connectivity index (χ1v) is 15.1. The molecule has 3 rings (SSSR count). The lowest BCUT2D eigenvalue weighted by Gasteiger charge is -2.36. The van der Waals surface area contributed by atoms with Crippen molar-refractivity contribution in [3.05, 3.63) is 55.8 Å². The average molecular weight is 616 g/mol. The Bertz CT molecular complexity index is 1300. The average Bonchev–Trinajstić information content (AvgIpc) is 3.25. The molecule has 3 aromatic rings. The van der Waals surface area contributed by atoms with Crippen LogP contribution < -0.4 is 16.4 Å². The largest absolute Gasteiger partial charge is 0.463 e. The Morgan fingerprint density at radius 3 is 2.60 bits per heavy atom. The van der Waals surface area contributed by atoms with Crippen LogP contribution in [0.3, 0.4) is 0 Å². The summed E-state index contributed by atoms with van der Waals surface area (Å²) in [6.45, 7) is 12.8. The van der Waals surface area contributed by atoms with Crippen molar-refractivity contribution < 1.29 is 22.9 Å². The number of benzene rings is 1. The smallest absolute Gasteiger partial charge is 0.282 e. The molecule has 2 N–H and O–H groups in total. The molecule has 8 nitrogen and oxygen atoms in total. The number of hydrogen-bond acceptors (Lipinski definition) is 6. The molecule has 2 aromatic heterocycles. The van der Waals surface area contributed by atoms with Crippen LogP contribution in [0.25, 0.3) is 11.0 Å². The predicted molar refractivity (Wildman–Crippen MR) is 145 cm³/mol. The predicted octanol–water partition coefficient (Wildman–Crippen LogP) is 5.69. The highest BCUT2D eigenvalue weighted by Gasteiger charge is 2.37. The van der Waals surface area contributed by atoms with Gasteiger partial charge in [0.15, 0.2) is 13.9 Å². The summed E-state index contributed by atoms with van der Waals surface area (Å²) in [5, 5.41) is 3.14. The van der Waals surface area contributed by atoms with Gasteiger partial charge in [0.05, 0.1) is 23.9 Å². The van der Waals surface area contributed by atoms with Crippen molar-refractivity contribution in [2.24, 2.45) is 7.05 Å². The Morgan fingerprint density at radius 1 is 1.29 bits per heavy atom. The normalized spacial score (nSPS) is 13.2. The molecule has 0 aliphatic heterocycles. The number of furan rings is 1. The molecular formula is C24H31FIN3O5Si. The lowest BCUT2D eigenvalue weighted by Crippen LogP contribution is -2.43. The number of pyridine rings is 1. The van der Waals surface area contributed by atoms with Crippen LogP contribution in [0.1, 0.15) is 38.1 Å². The van der Waals surface area contributed by atoms with Crippen molar-refractivity contribution in [3.8, 4) is 0 Å². The van der Waals surface area contributed by atoms with Crippen LogP contribution in [-0.4, -0.2) is 31.5 Å². The third kappa shape index (κ3) is 5.96. The van der Waals surface area contributed by atoms with Crippen LogP contribution in [0.4, 0.5) is 15.9 Å². The first-order chi connectivity index (χ1) is 16.2. The zero-order valence-electron chi connectivity index (χ0n) is 20.9. The minimum Gasteiger partial charge on any atom is -0.463 e. The molecule has 2 heterocycles. The van der Waals surface area contributed by atoms with Gasteiger partial charge >= 0.3 is 0 Å². The summed E-state index contributed by atoms with van der Waals surface area (Å²) in [5.41, 5.74) is 2.25. The fourth-order valence-corrected chi connectivity index (χ4v) is 4.62. The molecule has 1 amide bonds. The van der Waals surface area contributed by atoms with Crippen LogP contribution in [0, 0.1) is 9.39 Å². The van der Waals surface area contributed by atoms with Crippen molar-refractivity contribution in [2.75, 3.05) is 11.9 Å². The van der Waals surface area contributed by atoms with Crippen molar-refractivity contribution >= 4 is 59.3 Å². The molecule has 35 heavy (non-hydrogen) atoms. The van der Waals surface area contributed by atoms with E-state index in [0.29, 0.717) is 10.2 Å². The summed E-state index contributed by atoms with van der Waals surface area (Å²) in [4.78, 5) is 31.7. The molecule has 1 atom stereocenters. The van der Waals surface area contributed by atoms with E-state index in [4.69, 9.17) is 13.7 Å². The zero-order chi connectivity index (χ0) is 26.1. The molecule has 0 aliphatic rings. The minimum atomic E-state index is -1.98. The Morgan fingerprint density at radius 2 is 1.97 bits per heavy atom. The van der Waals surface area contributed by atoms with E-state index in [-0.39, 0.29) is 33.1 Å². The van der Waals surface area contributed by atoms with Crippen molar-refractivity contribution in [1.82, 2.24) is 10.0 Å². The highest BCUT2D eigenvalue weighted by atomic mass is 127. The zero-order valence-corrected chi connectivity index (χ0v) is 24.1. The molecule has 190 valence electrons. The monoisotopic (exact) mass is 615 g/mol. The molecule has 1 aromatic carbocycles. The summed E-state index contributed by atoms with van der Waals surface area (Å²) in [5.74, 6) is -1.10. The number of rotatable bonds is 8. The standard InChI is InChI=1S/C24H31FIN3O5Si/c1-14(13-33-35(6,7)24(2,3)4)34-28-22(30)19-20-16(10-11-32-20)23(31)29(5)21(19)27-18-9-8-15(26)12-17(18)25/h8-12,14,27H,13H2,1-7H3,(H,28,30)/t14-/m0/s1. The molecule has 0 unspecified atom stereocenters. The molecule has 0 spiro atoms. The van der Waals surface area contributed by atoms with Crippen LogP contribution in [0.5, 0.6) is 0 Å². The lowest BCUT2D eigenvalue weighted by molar-refractivity contribution is -0.0280. The lowest BCUT2D eigenvalue weighted by atomic mass is 10.1. The topological polar surface area (TPSA) is 94.7 Å². The fraction of sp³-hybridized carbons (Fsp3) is 0.417. The number of carbonyl (C=O) groups excluding carboxylic acids is 1. The van der Waals surface area contributed by atoms with E-state index in [2.05, 4.69) is 44.7 Å². The van der Waals surface area contributed by atoms with E-state index in [1.165, 1.54) is 36.1 Å². The molecule has 11 heteroatoms.